The van der Waals surface area contributed by atoms with Crippen molar-refractivity contribution in [3.63, 3.8) is 0 Å². The maximum atomic E-state index is 13.4. The molecule has 0 unspecified atom stereocenters. The first kappa shape index (κ1) is 10.9. The van der Waals surface area contributed by atoms with Crippen molar-refractivity contribution in [1.82, 2.24) is 4.98 Å². The summed E-state index contributed by atoms with van der Waals surface area (Å²) in [5.74, 6) is -0.382. The fraction of sp³-hybridized carbons (Fsp3) is 0.500. The molecule has 1 rings (SSSR count). The number of halogens is 1. The third kappa shape index (κ3) is 2.67. The summed E-state index contributed by atoms with van der Waals surface area (Å²) in [7, 11) is 0. The first-order chi connectivity index (χ1) is 6.79. The highest BCUT2D eigenvalue weighted by Crippen LogP contribution is 2.16. The molecule has 78 valence electrons. The van der Waals surface area contributed by atoms with Crippen LogP contribution in [-0.4, -0.2) is 11.6 Å². The third-order valence-corrected chi connectivity index (χ3v) is 1.89. The summed E-state index contributed by atoms with van der Waals surface area (Å²) < 4.78 is 18.6. The zero-order valence-corrected chi connectivity index (χ0v) is 8.29. The second kappa shape index (κ2) is 5.54. The Kier molecular flexibility index (Phi) is 4.32. The predicted octanol–water partition coefficient (Wildman–Crippen LogP) is 1.86. The lowest BCUT2D eigenvalue weighted by atomic mass is 10.2. The van der Waals surface area contributed by atoms with Crippen LogP contribution in [0.4, 0.5) is 4.39 Å². The van der Waals surface area contributed by atoms with Crippen LogP contribution in [0.5, 0.6) is 5.88 Å². The van der Waals surface area contributed by atoms with Crippen LogP contribution >= 0.6 is 0 Å². The van der Waals surface area contributed by atoms with Gasteiger partial charge in [0.15, 0.2) is 5.82 Å². The van der Waals surface area contributed by atoms with Gasteiger partial charge in [0.1, 0.15) is 0 Å². The van der Waals surface area contributed by atoms with Crippen molar-refractivity contribution in [2.24, 2.45) is 5.73 Å². The number of ether oxygens (including phenoxy) is 1. The minimum absolute atomic E-state index is 0.0569. The molecule has 0 aromatic carbocycles. The van der Waals surface area contributed by atoms with Crippen molar-refractivity contribution in [3.05, 3.63) is 23.6 Å². The third-order valence-electron chi connectivity index (χ3n) is 1.89. The number of hydrogen-bond donors (Lipinski definition) is 1. The molecule has 0 saturated heterocycles. The molecule has 4 heteroatoms. The van der Waals surface area contributed by atoms with Gasteiger partial charge in [-0.15, -0.1) is 0 Å². The van der Waals surface area contributed by atoms with Crippen molar-refractivity contribution >= 4 is 0 Å². The van der Waals surface area contributed by atoms with E-state index in [-0.39, 0.29) is 12.4 Å². The number of hydrogen-bond acceptors (Lipinski definition) is 3. The van der Waals surface area contributed by atoms with E-state index < -0.39 is 5.82 Å². The Labute approximate surface area is 83.1 Å². The van der Waals surface area contributed by atoms with Gasteiger partial charge in [-0.2, -0.15) is 0 Å². The molecule has 0 amide bonds. The molecule has 0 saturated carbocycles. The van der Waals surface area contributed by atoms with Gasteiger partial charge < -0.3 is 10.5 Å². The summed E-state index contributed by atoms with van der Waals surface area (Å²) in [6, 6.07) is 1.56. The van der Waals surface area contributed by atoms with Gasteiger partial charge in [-0.3, -0.25) is 0 Å². The highest BCUT2D eigenvalue weighted by atomic mass is 19.1. The highest BCUT2D eigenvalue weighted by molar-refractivity contribution is 5.23. The zero-order valence-electron chi connectivity index (χ0n) is 8.29. The Hall–Kier alpha value is -1.16. The quantitative estimate of drug-likeness (QED) is 0.734. The molecule has 0 fully saturated rings. The monoisotopic (exact) mass is 198 g/mol. The van der Waals surface area contributed by atoms with Crippen LogP contribution in [0.1, 0.15) is 25.3 Å². The Morgan fingerprint density at radius 1 is 1.57 bits per heavy atom. The van der Waals surface area contributed by atoms with E-state index in [4.69, 9.17) is 10.5 Å². The molecule has 1 heterocycles. The normalized spacial score (nSPS) is 10.2. The highest BCUT2D eigenvalue weighted by Gasteiger charge is 2.08. The van der Waals surface area contributed by atoms with Crippen molar-refractivity contribution in [2.75, 3.05) is 6.61 Å². The van der Waals surface area contributed by atoms with Crippen LogP contribution in [0.15, 0.2) is 12.3 Å². The number of unbranched alkanes of at least 4 members (excludes halogenated alkanes) is 1. The number of nitrogens with zero attached hydrogens (tertiary/aromatic N) is 1. The molecule has 3 nitrogen and oxygen atoms in total. The van der Waals surface area contributed by atoms with Crippen LogP contribution < -0.4 is 10.5 Å². The number of aromatic nitrogens is 1. The smallest absolute Gasteiger partial charge is 0.250 e. The van der Waals surface area contributed by atoms with E-state index >= 15 is 0 Å². The lowest BCUT2D eigenvalue weighted by Crippen LogP contribution is -2.05. The first-order valence-electron chi connectivity index (χ1n) is 4.75. The van der Waals surface area contributed by atoms with Gasteiger partial charge in [0.2, 0.25) is 0 Å². The maximum Gasteiger partial charge on any atom is 0.250 e. The van der Waals surface area contributed by atoms with Gasteiger partial charge in [0.25, 0.3) is 5.88 Å². The van der Waals surface area contributed by atoms with E-state index in [9.17, 15) is 4.39 Å². The van der Waals surface area contributed by atoms with Gasteiger partial charge in [-0.1, -0.05) is 13.3 Å². The van der Waals surface area contributed by atoms with E-state index in [1.807, 2.05) is 6.92 Å². The molecular weight excluding hydrogens is 183 g/mol. The van der Waals surface area contributed by atoms with E-state index in [1.54, 1.807) is 6.07 Å². The van der Waals surface area contributed by atoms with Gasteiger partial charge in [-0.25, -0.2) is 9.37 Å². The molecule has 0 radical (unpaired) electrons. The lowest BCUT2D eigenvalue weighted by Gasteiger charge is -2.07. The van der Waals surface area contributed by atoms with Crippen LogP contribution in [-0.2, 0) is 6.54 Å². The summed E-state index contributed by atoms with van der Waals surface area (Å²) in [6.45, 7) is 2.70. The van der Waals surface area contributed by atoms with Crippen LogP contribution in [0.3, 0.4) is 0 Å². The van der Waals surface area contributed by atoms with Crippen molar-refractivity contribution in [2.45, 2.75) is 26.3 Å². The molecule has 0 aliphatic rings. The topological polar surface area (TPSA) is 48.1 Å². The van der Waals surface area contributed by atoms with Gasteiger partial charge >= 0.3 is 0 Å². The molecule has 2 N–H and O–H groups in total. The Morgan fingerprint density at radius 2 is 2.36 bits per heavy atom. The summed E-state index contributed by atoms with van der Waals surface area (Å²) in [5.41, 5.74) is 5.79. The Bertz CT molecular complexity index is 291. The fourth-order valence-corrected chi connectivity index (χ4v) is 1.03. The SMILES string of the molecule is CCCCOc1nccc(CN)c1F. The van der Waals surface area contributed by atoms with Crippen LogP contribution in [0.25, 0.3) is 0 Å². The minimum atomic E-state index is -0.439. The van der Waals surface area contributed by atoms with E-state index in [2.05, 4.69) is 4.98 Å². The average Bonchev–Trinajstić information content (AvgIpc) is 2.21. The minimum Gasteiger partial charge on any atom is -0.476 e. The largest absolute Gasteiger partial charge is 0.476 e. The number of pyridine rings is 1. The molecule has 0 atom stereocenters. The summed E-state index contributed by atoms with van der Waals surface area (Å²) in [5, 5.41) is 0. The molecule has 1 aromatic heterocycles. The predicted molar refractivity (Wildman–Crippen MR) is 52.5 cm³/mol. The summed E-state index contributed by atoms with van der Waals surface area (Å²) in [4.78, 5) is 3.81. The summed E-state index contributed by atoms with van der Waals surface area (Å²) >= 11 is 0. The van der Waals surface area contributed by atoms with E-state index in [0.717, 1.165) is 12.8 Å². The number of nitrogens with two attached hydrogens (primary N) is 1. The van der Waals surface area contributed by atoms with Crippen molar-refractivity contribution in [1.29, 1.82) is 0 Å². The Morgan fingerprint density at radius 3 is 3.00 bits per heavy atom. The second-order valence-electron chi connectivity index (χ2n) is 3.00. The molecule has 0 aliphatic heterocycles. The number of rotatable bonds is 5. The second-order valence-corrected chi connectivity index (χ2v) is 3.00. The molecule has 0 aliphatic carbocycles. The standard InChI is InChI=1S/C10H15FN2O/c1-2-3-6-14-10-9(11)8(7-12)4-5-13-10/h4-5H,2-3,6-7,12H2,1H3. The van der Waals surface area contributed by atoms with Gasteiger partial charge in [0.05, 0.1) is 6.61 Å². The molecule has 1 aromatic rings. The maximum absolute atomic E-state index is 13.4. The summed E-state index contributed by atoms with van der Waals surface area (Å²) in [6.07, 6.45) is 3.42. The van der Waals surface area contributed by atoms with Crippen molar-refractivity contribution in [3.8, 4) is 5.88 Å². The first-order valence-corrected chi connectivity index (χ1v) is 4.75. The van der Waals surface area contributed by atoms with E-state index in [0.29, 0.717) is 12.2 Å². The Balaban J connectivity index is 2.66. The van der Waals surface area contributed by atoms with E-state index in [1.165, 1.54) is 6.20 Å². The van der Waals surface area contributed by atoms with Crippen LogP contribution in [0.2, 0.25) is 0 Å². The van der Waals surface area contributed by atoms with Gasteiger partial charge in [0, 0.05) is 18.3 Å². The molecule has 0 spiro atoms. The molecular formula is C10H15FN2O. The van der Waals surface area contributed by atoms with Crippen LogP contribution in [0, 0.1) is 5.82 Å². The lowest BCUT2D eigenvalue weighted by molar-refractivity contribution is 0.280. The van der Waals surface area contributed by atoms with Crippen molar-refractivity contribution < 1.29 is 9.13 Å². The zero-order chi connectivity index (χ0) is 10.4. The van der Waals surface area contributed by atoms with Gasteiger partial charge in [-0.05, 0) is 12.5 Å². The molecule has 14 heavy (non-hydrogen) atoms. The average molecular weight is 198 g/mol. The fourth-order valence-electron chi connectivity index (χ4n) is 1.03. The molecule has 0 bridgehead atoms.